The van der Waals surface area contributed by atoms with Gasteiger partial charge < -0.3 is 54.9 Å². The Hall–Kier alpha value is -8.10. The lowest BCUT2D eigenvalue weighted by molar-refractivity contribution is 0.0690. The lowest BCUT2D eigenvalue weighted by Crippen LogP contribution is -2.36. The highest BCUT2D eigenvalue weighted by atomic mass is 79.9. The molecular weight excluding hydrogens is 1090 g/mol. The molecule has 0 bridgehead atoms. The number of fused-ring (bicyclic) bond motifs is 4. The van der Waals surface area contributed by atoms with Gasteiger partial charge in [-0.15, -0.1) is 0 Å². The molecule has 6 N–H and O–H groups in total. The third kappa shape index (κ3) is 12.0. The van der Waals surface area contributed by atoms with Crippen molar-refractivity contribution in [2.24, 2.45) is 0 Å². The number of carbonyl (C=O) groups is 2. The number of pyridine rings is 4. The third-order valence-corrected chi connectivity index (χ3v) is 13.7. The van der Waals surface area contributed by atoms with Crippen LogP contribution < -0.4 is 41.4 Å². The molecule has 380 valence electrons. The zero-order chi connectivity index (χ0) is 52.0. The number of hydrogen-bond acceptors (Lipinski definition) is 13. The minimum absolute atomic E-state index is 0.0503. The number of nitrogens with zero attached hydrogens (tertiary/aromatic N) is 4. The number of para-hydroxylation sites is 2. The fraction of sp³-hybridized carbons (Fsp3) is 0.179. The fourth-order valence-electron chi connectivity index (χ4n) is 9.08. The smallest absolute Gasteiger partial charge is 0.354 e. The van der Waals surface area contributed by atoms with Crippen LogP contribution >= 0.6 is 31.9 Å². The van der Waals surface area contributed by atoms with Crippen molar-refractivity contribution in [3.8, 4) is 45.5 Å². The van der Waals surface area contributed by atoms with Crippen molar-refractivity contribution in [2.45, 2.75) is 12.8 Å². The number of carboxylic acid groups (broad SMARTS) is 1. The molecule has 4 aliphatic heterocycles. The van der Waals surface area contributed by atoms with Crippen LogP contribution in [0.25, 0.3) is 22.5 Å². The summed E-state index contributed by atoms with van der Waals surface area (Å²) < 4.78 is 25.0. The molecule has 17 nitrogen and oxygen atoms in total. The maximum atomic E-state index is 12.6. The number of H-pyrrole nitrogens is 2. The second-order valence-electron chi connectivity index (χ2n) is 17.7. The van der Waals surface area contributed by atoms with E-state index in [2.05, 4.69) is 73.0 Å². The number of hydrogen-bond donors (Lipinski definition) is 5. The zero-order valence-corrected chi connectivity index (χ0v) is 43.3. The maximum absolute atomic E-state index is 12.6. The number of nitrogens with two attached hydrogens (primary N) is 1. The van der Waals surface area contributed by atoms with E-state index in [0.29, 0.717) is 55.7 Å². The van der Waals surface area contributed by atoms with Crippen molar-refractivity contribution in [3.63, 3.8) is 0 Å². The van der Waals surface area contributed by atoms with Crippen molar-refractivity contribution < 1.29 is 33.6 Å². The number of amides is 1. The second kappa shape index (κ2) is 22.6. The van der Waals surface area contributed by atoms with Gasteiger partial charge in [-0.1, -0.05) is 56.1 Å². The number of rotatable bonds is 7. The Kier molecular flexibility index (Phi) is 15.2. The van der Waals surface area contributed by atoms with E-state index in [0.717, 1.165) is 115 Å². The Labute approximate surface area is 446 Å². The standard InChI is InChI=1S/C28H23BrN4O4.C22H21N3O3.C6H4BrNO2/c29-19-6-7-30-24(14-19)28(35)31-20-4-5-25-18(13-20)12-17-2-1-3-22(27(17)37-25)23-15-21(16-26(34)32-23)33-8-10-36-11-9-33;23-16-4-5-20-15(11-16)10-14-2-1-3-18(22(14)28-20)19-12-17(13-21(26)24-19)25-6-8-27-9-7-25;7-4-1-2-8-5(3-4)6(9)10/h1-7,13-16H,8-12H2,(H,31,35)(H,32,34);1-5,11-13H,6-10,23H2,(H,24,26);1-3H,(H,9,10). The average Bonchev–Trinajstić information content (AvgIpc) is 3.42. The first-order valence-corrected chi connectivity index (χ1v) is 25.5. The van der Waals surface area contributed by atoms with Gasteiger partial charge in [0.25, 0.3) is 5.91 Å². The molecule has 0 radical (unpaired) electrons. The first-order valence-electron chi connectivity index (χ1n) is 23.9. The number of aromatic nitrogens is 4. The lowest BCUT2D eigenvalue weighted by Gasteiger charge is -2.29. The second-order valence-corrected chi connectivity index (χ2v) is 19.6. The van der Waals surface area contributed by atoms with E-state index in [-0.39, 0.29) is 22.7 Å². The van der Waals surface area contributed by atoms with Crippen LogP contribution in [-0.4, -0.2) is 89.5 Å². The quantitative estimate of drug-likeness (QED) is 0.0937. The number of anilines is 4. The first kappa shape index (κ1) is 50.4. The van der Waals surface area contributed by atoms with E-state index < -0.39 is 5.97 Å². The Morgan fingerprint density at radius 3 is 1.59 bits per heavy atom. The van der Waals surface area contributed by atoms with Crippen molar-refractivity contribution in [1.29, 1.82) is 0 Å². The molecule has 2 fully saturated rings. The molecule has 0 unspecified atom stereocenters. The first-order chi connectivity index (χ1) is 36.4. The molecule has 0 spiro atoms. The summed E-state index contributed by atoms with van der Waals surface area (Å²) >= 11 is 6.49. The number of aromatic amines is 2. The zero-order valence-electron chi connectivity index (χ0n) is 40.1. The van der Waals surface area contributed by atoms with E-state index >= 15 is 0 Å². The van der Waals surface area contributed by atoms with Crippen LogP contribution in [0.5, 0.6) is 23.0 Å². The number of morpholine rings is 2. The number of carboxylic acids is 1. The van der Waals surface area contributed by atoms with Gasteiger partial charge in [0, 0.05) is 117 Å². The molecule has 2 saturated heterocycles. The van der Waals surface area contributed by atoms with Crippen LogP contribution in [0.2, 0.25) is 0 Å². The largest absolute Gasteiger partial charge is 0.477 e. The van der Waals surface area contributed by atoms with Crippen LogP contribution in [0.4, 0.5) is 22.7 Å². The highest BCUT2D eigenvalue weighted by Crippen LogP contribution is 2.45. The van der Waals surface area contributed by atoms with Gasteiger partial charge in [0.2, 0.25) is 11.1 Å². The van der Waals surface area contributed by atoms with Crippen LogP contribution in [0.1, 0.15) is 43.2 Å². The third-order valence-electron chi connectivity index (χ3n) is 12.7. The molecule has 4 aromatic heterocycles. The summed E-state index contributed by atoms with van der Waals surface area (Å²) in [4.78, 5) is 65.8. The average molecular weight is 1140 g/mol. The summed E-state index contributed by atoms with van der Waals surface area (Å²) in [6.45, 7) is 5.68. The summed E-state index contributed by atoms with van der Waals surface area (Å²) in [5, 5.41) is 11.3. The minimum Gasteiger partial charge on any atom is -0.477 e. The number of halogens is 2. The molecule has 19 heteroatoms. The SMILES string of the molecule is Nc1ccc2c(c1)Cc1cccc(-c3cc(N4CCOCC4)cc(=O)[nH]3)c1O2.O=C(Nc1ccc2c(c1)Cc1cccc(-c3cc(N4CCOCC4)cc(=O)[nH]3)c1O2)c1cc(Br)ccn1.O=C(O)c1cc(Br)ccn1. The van der Waals surface area contributed by atoms with Gasteiger partial charge in [0.15, 0.2) is 0 Å². The summed E-state index contributed by atoms with van der Waals surface area (Å²) in [7, 11) is 0. The van der Waals surface area contributed by atoms with Crippen molar-refractivity contribution in [2.75, 3.05) is 73.5 Å². The van der Waals surface area contributed by atoms with E-state index in [4.69, 9.17) is 29.8 Å². The van der Waals surface area contributed by atoms with Crippen LogP contribution in [0, 0.1) is 0 Å². The van der Waals surface area contributed by atoms with Crippen molar-refractivity contribution >= 4 is 66.5 Å². The molecule has 1 amide bonds. The molecule has 12 rings (SSSR count). The number of benzene rings is 4. The molecule has 4 aromatic carbocycles. The van der Waals surface area contributed by atoms with Gasteiger partial charge >= 0.3 is 5.97 Å². The fourth-order valence-corrected chi connectivity index (χ4v) is 9.75. The van der Waals surface area contributed by atoms with Gasteiger partial charge in [-0.25, -0.2) is 9.78 Å². The highest BCUT2D eigenvalue weighted by molar-refractivity contribution is 9.10. The minimum atomic E-state index is -1.01. The van der Waals surface area contributed by atoms with Crippen LogP contribution in [0.3, 0.4) is 0 Å². The van der Waals surface area contributed by atoms with Gasteiger partial charge in [-0.3, -0.25) is 19.4 Å². The molecular formula is C56H48Br2N8O9. The number of nitrogens with one attached hydrogen (secondary N) is 3. The summed E-state index contributed by atoms with van der Waals surface area (Å²) in [6.07, 6.45) is 4.40. The van der Waals surface area contributed by atoms with Gasteiger partial charge in [0.1, 0.15) is 34.4 Å². The Morgan fingerprint density at radius 2 is 1.08 bits per heavy atom. The topological polar surface area (TPSA) is 227 Å². The number of nitrogen functional groups attached to an aromatic ring is 1. The Morgan fingerprint density at radius 1 is 0.587 bits per heavy atom. The molecule has 0 aliphatic carbocycles. The lowest BCUT2D eigenvalue weighted by atomic mass is 9.96. The normalized spacial score (nSPS) is 14.1. The number of ether oxygens (including phenoxy) is 4. The van der Waals surface area contributed by atoms with Gasteiger partial charge in [0.05, 0.1) is 37.8 Å². The van der Waals surface area contributed by atoms with Gasteiger partial charge in [-0.2, -0.15) is 0 Å². The van der Waals surface area contributed by atoms with Crippen LogP contribution in [-0.2, 0) is 22.3 Å². The van der Waals surface area contributed by atoms with E-state index in [1.807, 2.05) is 78.9 Å². The summed E-state index contributed by atoms with van der Waals surface area (Å²) in [6, 6.07) is 37.1. The molecule has 0 saturated carbocycles. The number of carbonyl (C=O) groups excluding carboxylic acids is 1. The van der Waals surface area contributed by atoms with E-state index in [9.17, 15) is 19.2 Å². The predicted molar refractivity (Wildman–Crippen MR) is 293 cm³/mol. The molecule has 4 aliphatic rings. The van der Waals surface area contributed by atoms with E-state index in [1.165, 1.54) is 12.3 Å². The summed E-state index contributed by atoms with van der Waals surface area (Å²) in [5.74, 6) is 1.73. The molecule has 8 aromatic rings. The predicted octanol–water partition coefficient (Wildman–Crippen LogP) is 9.68. The molecule has 8 heterocycles. The Balaban J connectivity index is 0.000000148. The summed E-state index contributed by atoms with van der Waals surface area (Å²) in [5.41, 5.74) is 16.5. The monoisotopic (exact) mass is 1130 g/mol. The van der Waals surface area contributed by atoms with Crippen molar-refractivity contribution in [1.82, 2.24) is 19.9 Å². The number of aromatic carboxylic acids is 1. The van der Waals surface area contributed by atoms with Crippen molar-refractivity contribution in [3.05, 3.63) is 197 Å². The molecule has 0 atom stereocenters. The maximum Gasteiger partial charge on any atom is 0.354 e. The Bertz CT molecular complexity index is 3580. The van der Waals surface area contributed by atoms with E-state index in [1.54, 1.807) is 36.5 Å². The molecule has 75 heavy (non-hydrogen) atoms. The van der Waals surface area contributed by atoms with Gasteiger partial charge in [-0.05, 0) is 96.1 Å². The highest BCUT2D eigenvalue weighted by Gasteiger charge is 2.25. The van der Waals surface area contributed by atoms with Crippen LogP contribution in [0.15, 0.2) is 152 Å².